The van der Waals surface area contributed by atoms with Gasteiger partial charge in [-0.2, -0.15) is 14.4 Å². The maximum Gasteiger partial charge on any atom is 0.416 e. The zero-order valence-electron chi connectivity index (χ0n) is 53.8. The number of hydrogen-bond donors (Lipinski definition) is 5. The summed E-state index contributed by atoms with van der Waals surface area (Å²) >= 11 is 17.8. The molecule has 9 aromatic heterocycles. The molecule has 20 nitrogen and oxygen atoms in total. The van der Waals surface area contributed by atoms with Crippen molar-refractivity contribution in [2.24, 2.45) is 0 Å². The van der Waals surface area contributed by atoms with Crippen molar-refractivity contribution in [2.45, 2.75) is 84.9 Å². The number of carbonyl (C=O) groups excluding carboxylic acids is 3. The van der Waals surface area contributed by atoms with Crippen molar-refractivity contribution in [2.75, 3.05) is 29.3 Å². The van der Waals surface area contributed by atoms with Crippen LogP contribution >= 0.6 is 34.8 Å². The van der Waals surface area contributed by atoms with Gasteiger partial charge in [-0.15, -0.1) is 0 Å². The van der Waals surface area contributed by atoms with Crippen LogP contribution in [0.1, 0.15) is 96.9 Å². The van der Waals surface area contributed by atoms with E-state index in [4.69, 9.17) is 53.8 Å². The number of benzene rings is 3. The summed E-state index contributed by atoms with van der Waals surface area (Å²) in [6, 6.07) is 45.5. The zero-order chi connectivity index (χ0) is 68.5. The lowest BCUT2D eigenvalue weighted by Gasteiger charge is -2.27. The number of carbonyl (C=O) groups is 3. The van der Waals surface area contributed by atoms with Crippen molar-refractivity contribution >= 4 is 104 Å². The summed E-state index contributed by atoms with van der Waals surface area (Å²) in [6.45, 7) is 11.6. The zero-order valence-corrected chi connectivity index (χ0v) is 56.0. The van der Waals surface area contributed by atoms with Crippen molar-refractivity contribution in [1.29, 1.82) is 0 Å². The van der Waals surface area contributed by atoms with Gasteiger partial charge in [0.1, 0.15) is 51.7 Å². The van der Waals surface area contributed by atoms with Gasteiger partial charge in [0.05, 0.1) is 32.9 Å². The second-order valence-corrected chi connectivity index (χ2v) is 24.8. The number of aromatic nitrogens is 9. The summed E-state index contributed by atoms with van der Waals surface area (Å²) in [5, 5.41) is 19.4. The molecule has 0 aliphatic carbocycles. The highest BCUT2D eigenvalue weighted by atomic mass is 35.5. The van der Waals surface area contributed by atoms with E-state index in [0.29, 0.717) is 51.3 Å². The van der Waals surface area contributed by atoms with Crippen molar-refractivity contribution < 1.29 is 42.8 Å². The normalized spacial score (nSPS) is 11.4. The Labute approximate surface area is 568 Å². The van der Waals surface area contributed by atoms with E-state index < -0.39 is 35.4 Å². The molecule has 0 saturated heterocycles. The summed E-state index contributed by atoms with van der Waals surface area (Å²) in [7, 11) is 3.11. The smallest absolute Gasteiger partial charge is 0.416 e. The molecule has 12 aromatic rings. The van der Waals surface area contributed by atoms with Crippen molar-refractivity contribution in [1.82, 2.24) is 44.9 Å². The lowest BCUT2D eigenvalue weighted by Crippen LogP contribution is -2.37. The van der Waals surface area contributed by atoms with Gasteiger partial charge < -0.3 is 44.3 Å². The van der Waals surface area contributed by atoms with E-state index >= 15 is 0 Å². The highest BCUT2D eigenvalue weighted by molar-refractivity contribution is 6.31. The van der Waals surface area contributed by atoms with E-state index in [-0.39, 0.29) is 30.4 Å². The van der Waals surface area contributed by atoms with Crippen LogP contribution in [0.25, 0.3) is 33.1 Å². The number of anilines is 3. The third kappa shape index (κ3) is 19.1. The van der Waals surface area contributed by atoms with Crippen LogP contribution in [0.15, 0.2) is 189 Å². The number of aromatic amines is 3. The molecule has 0 radical (unpaired) electrons. The SMILES string of the molecule is CC(C)(C)OC(=O)N(Cc1ccc(Cl)cc1)c1ccc(C=O)c(F)n1.COc1nc(N(Cc2ccc(Cl)cc2)C(=O)OC(C)(C)C)ccc1C(O)c1c[nH]c2ncccc12.COc1nc(NCc2ccc(Cl)cc2)ccc1Cc1c[nH]c2ncccc12.c1cnc2[nH]ccc2c1. The van der Waals surface area contributed by atoms with Crippen molar-refractivity contribution in [3.8, 4) is 11.8 Å². The van der Waals surface area contributed by atoms with Crippen LogP contribution in [-0.2, 0) is 35.5 Å². The predicted molar refractivity (Wildman–Crippen MR) is 373 cm³/mol. The van der Waals surface area contributed by atoms with Crippen molar-refractivity contribution in [3.05, 3.63) is 254 Å². The first-order chi connectivity index (χ1) is 46.0. The average molecular weight is 1360 g/mol. The Bertz CT molecular complexity index is 4550. The minimum atomic E-state index is -1.02. The molecule has 96 heavy (non-hydrogen) atoms. The molecule has 12 rings (SSSR count). The fraction of sp³-hybridized carbons (Fsp3) is 0.208. The van der Waals surface area contributed by atoms with Gasteiger partial charge in [0.2, 0.25) is 17.7 Å². The quantitative estimate of drug-likeness (QED) is 0.0445. The number of aliphatic hydroxyl groups excluding tert-OH is 1. The number of aliphatic hydroxyl groups is 1. The van der Waals surface area contributed by atoms with Crippen LogP contribution in [-0.4, -0.2) is 93.9 Å². The molecule has 0 bridgehead atoms. The number of rotatable bonds is 16. The van der Waals surface area contributed by atoms with Crippen LogP contribution in [0.5, 0.6) is 11.8 Å². The highest BCUT2D eigenvalue weighted by Gasteiger charge is 2.29. The maximum atomic E-state index is 13.9. The van der Waals surface area contributed by atoms with Crippen LogP contribution in [0, 0.1) is 5.95 Å². The molecule has 5 N–H and O–H groups in total. The number of hydrogen-bond acceptors (Lipinski definition) is 15. The second kappa shape index (κ2) is 32.1. The molecule has 0 fully saturated rings. The molecule has 1 unspecified atom stereocenters. The van der Waals surface area contributed by atoms with Crippen LogP contribution < -0.4 is 24.6 Å². The van der Waals surface area contributed by atoms with Gasteiger partial charge in [0.15, 0.2) is 6.29 Å². The Balaban J connectivity index is 0.000000160. The summed E-state index contributed by atoms with van der Waals surface area (Å²) < 4.78 is 35.9. The highest BCUT2D eigenvalue weighted by Crippen LogP contribution is 2.35. The number of halogens is 4. The minimum Gasteiger partial charge on any atom is -0.481 e. The van der Waals surface area contributed by atoms with E-state index in [9.17, 15) is 23.9 Å². The fourth-order valence-corrected chi connectivity index (χ4v) is 9.96. The number of ether oxygens (including phenoxy) is 4. The van der Waals surface area contributed by atoms with Gasteiger partial charge in [0, 0.05) is 98.1 Å². The van der Waals surface area contributed by atoms with E-state index in [1.807, 2.05) is 91.3 Å². The molecule has 3 aromatic carbocycles. The first-order valence-electron chi connectivity index (χ1n) is 30.1. The molecule has 0 saturated carbocycles. The van der Waals surface area contributed by atoms with Gasteiger partial charge in [-0.1, -0.05) is 71.2 Å². The molecule has 24 heteroatoms. The third-order valence-corrected chi connectivity index (χ3v) is 14.9. The van der Waals surface area contributed by atoms with Crippen LogP contribution in [0.2, 0.25) is 15.1 Å². The monoisotopic (exact) mass is 1350 g/mol. The largest absolute Gasteiger partial charge is 0.481 e. The standard InChI is InChI=1S/C26H27ClN4O4.C21H19ClN4O.C18H18ClFN2O3.C7H6N2/c1-26(2,3)35-25(33)31(15-16-7-9-17(27)10-8-16)21-12-11-19(24(30-21)34-4)22(32)20-14-29-23-18(20)6-5-13-28-23;1-27-21-15(11-16-13-25-20-18(16)3-2-10-23-20)6-9-19(26-21)24-12-14-4-7-17(22)8-5-14;1-18(2,3)25-17(24)22(10-12-4-7-14(19)8-5-12)15-9-6-13(11-23)16(20)21-15;1-2-6-3-5-9-7(6)8-4-1/h5-14,22,32H,15H2,1-4H3,(H,28,29);2-10,13H,11-12H2,1H3,(H,23,25)(H,24,26);4-9,11H,10H2,1-3H3;1-5H,(H,8,9). The topological polar surface area (TPSA) is 252 Å². The van der Waals surface area contributed by atoms with E-state index in [1.165, 1.54) is 34.6 Å². The minimum absolute atomic E-state index is 0.0484. The van der Waals surface area contributed by atoms with Crippen LogP contribution in [0.3, 0.4) is 0 Å². The number of H-pyrrole nitrogens is 3. The van der Waals surface area contributed by atoms with Gasteiger partial charge >= 0.3 is 12.2 Å². The number of amides is 2. The van der Waals surface area contributed by atoms with Gasteiger partial charge in [-0.05, 0) is 179 Å². The lowest BCUT2D eigenvalue weighted by molar-refractivity contribution is 0.0565. The average Bonchev–Trinajstić information content (AvgIpc) is 1.43. The van der Waals surface area contributed by atoms with E-state index in [1.54, 1.807) is 128 Å². The number of pyridine rings is 6. The molecular weight excluding hydrogens is 1290 g/mol. The number of nitrogens with one attached hydrogen (secondary N) is 4. The summed E-state index contributed by atoms with van der Waals surface area (Å²) in [4.78, 5) is 73.9. The molecule has 0 aliphatic heterocycles. The summed E-state index contributed by atoms with van der Waals surface area (Å²) in [6.07, 6.45) is 9.66. The molecule has 0 spiro atoms. The Kier molecular flexibility index (Phi) is 23.4. The molecular formula is C72H70Cl3FN12O8. The third-order valence-electron chi connectivity index (χ3n) is 14.2. The summed E-state index contributed by atoms with van der Waals surface area (Å²) in [5.74, 6) is 1.01. The Hall–Kier alpha value is -10.5. The fourth-order valence-electron chi connectivity index (χ4n) is 9.59. The Morgan fingerprint density at radius 1 is 0.573 bits per heavy atom. The molecule has 494 valence electrons. The lowest BCUT2D eigenvalue weighted by atomic mass is 10.0. The Morgan fingerprint density at radius 3 is 1.65 bits per heavy atom. The molecule has 2 amide bonds. The predicted octanol–water partition coefficient (Wildman–Crippen LogP) is 16.7. The maximum absolute atomic E-state index is 13.9. The first-order valence-corrected chi connectivity index (χ1v) is 31.3. The van der Waals surface area contributed by atoms with Crippen molar-refractivity contribution in [3.63, 3.8) is 0 Å². The number of nitrogens with zero attached hydrogens (tertiary/aromatic N) is 8. The Morgan fingerprint density at radius 2 is 1.09 bits per heavy atom. The second-order valence-electron chi connectivity index (χ2n) is 23.5. The number of fused-ring (bicyclic) bond motifs is 3. The summed E-state index contributed by atoms with van der Waals surface area (Å²) in [5.41, 5.74) is 6.95. The van der Waals surface area contributed by atoms with Gasteiger partial charge in [-0.3, -0.25) is 14.6 Å². The van der Waals surface area contributed by atoms with Crippen LogP contribution in [0.4, 0.5) is 31.4 Å². The molecule has 1 atom stereocenters. The molecule has 0 aliphatic rings. The van der Waals surface area contributed by atoms with Gasteiger partial charge in [-0.25, -0.2) is 29.5 Å². The number of methoxy groups -OCH3 is 2. The first kappa shape index (κ1) is 69.9. The van der Waals surface area contributed by atoms with Gasteiger partial charge in [0.25, 0.3) is 0 Å². The van der Waals surface area contributed by atoms with E-state index in [0.717, 1.165) is 67.0 Å². The van der Waals surface area contributed by atoms with E-state index in [2.05, 4.69) is 56.2 Å². The molecule has 9 heterocycles. The number of aldehydes is 1.